The quantitative estimate of drug-likeness (QED) is 0.536. The monoisotopic (exact) mass is 183 g/mol. The van der Waals surface area contributed by atoms with Crippen LogP contribution >= 0.6 is 0 Å². The standard InChI is InChI=1S/C3H6O3.Nb/c1-2(4)3(5)6;/h2,4H,1H3,(H,5,6);. The molecule has 0 aromatic rings. The van der Waals surface area contributed by atoms with Gasteiger partial charge < -0.3 is 10.2 Å². The molecule has 0 aliphatic rings. The molecule has 0 aromatic heterocycles. The first kappa shape index (κ1) is 10.2. The number of rotatable bonds is 1. The molecule has 0 aromatic carbocycles. The van der Waals surface area contributed by atoms with Crippen molar-refractivity contribution in [2.45, 2.75) is 13.0 Å². The fourth-order valence-electron chi connectivity index (χ4n) is 0. The van der Waals surface area contributed by atoms with E-state index in [4.69, 9.17) is 10.2 Å². The molecule has 4 heteroatoms. The van der Waals surface area contributed by atoms with Crippen LogP contribution in [-0.2, 0) is 27.2 Å². The SMILES string of the molecule is CC(O)C(=O)O.[Nb]. The number of carboxylic acids is 1. The molecule has 3 nitrogen and oxygen atoms in total. The maximum atomic E-state index is 9.45. The summed E-state index contributed by atoms with van der Waals surface area (Å²) in [5, 5.41) is 15.8. The third-order valence-electron chi connectivity index (χ3n) is 0.357. The van der Waals surface area contributed by atoms with E-state index in [1.165, 1.54) is 6.92 Å². The summed E-state index contributed by atoms with van der Waals surface area (Å²) < 4.78 is 0. The maximum absolute atomic E-state index is 9.45. The summed E-state index contributed by atoms with van der Waals surface area (Å²) in [6.45, 7) is 1.20. The molecule has 0 saturated heterocycles. The zero-order valence-corrected chi connectivity index (χ0v) is 6.03. The van der Waals surface area contributed by atoms with E-state index in [9.17, 15) is 4.79 Å². The summed E-state index contributed by atoms with van der Waals surface area (Å²) in [6.07, 6.45) is -1.23. The van der Waals surface area contributed by atoms with Gasteiger partial charge in [0.15, 0.2) is 0 Å². The topological polar surface area (TPSA) is 57.5 Å². The fraction of sp³-hybridized carbons (Fsp3) is 0.667. The summed E-state index contributed by atoms with van der Waals surface area (Å²) in [7, 11) is 0. The van der Waals surface area contributed by atoms with Crippen LogP contribution in [0.5, 0.6) is 0 Å². The Morgan fingerprint density at radius 2 is 1.86 bits per heavy atom. The van der Waals surface area contributed by atoms with Gasteiger partial charge in [-0.1, -0.05) is 0 Å². The normalized spacial score (nSPS) is 11.7. The smallest absolute Gasteiger partial charge is 0.332 e. The van der Waals surface area contributed by atoms with Gasteiger partial charge in [0.05, 0.1) is 0 Å². The molecule has 1 atom stereocenters. The van der Waals surface area contributed by atoms with Crippen LogP contribution in [0.2, 0.25) is 0 Å². The van der Waals surface area contributed by atoms with E-state index in [0.717, 1.165) is 0 Å². The van der Waals surface area contributed by atoms with Gasteiger partial charge in [0, 0.05) is 22.4 Å². The van der Waals surface area contributed by atoms with E-state index in [-0.39, 0.29) is 22.4 Å². The molecule has 0 saturated carbocycles. The molecule has 0 spiro atoms. The zero-order chi connectivity index (χ0) is 5.15. The van der Waals surface area contributed by atoms with Crippen molar-refractivity contribution in [2.24, 2.45) is 0 Å². The molecule has 7 heavy (non-hydrogen) atoms. The van der Waals surface area contributed by atoms with Crippen LogP contribution in [0.3, 0.4) is 0 Å². The molecule has 0 heterocycles. The van der Waals surface area contributed by atoms with E-state index in [2.05, 4.69) is 0 Å². The third kappa shape index (κ3) is 6.17. The van der Waals surface area contributed by atoms with Crippen molar-refractivity contribution in [3.63, 3.8) is 0 Å². The number of carbonyl (C=O) groups is 1. The minimum atomic E-state index is -1.23. The summed E-state index contributed by atoms with van der Waals surface area (Å²) in [5.74, 6) is -1.19. The largest absolute Gasteiger partial charge is 0.479 e. The second kappa shape index (κ2) is 4.33. The Kier molecular flexibility index (Phi) is 6.32. The summed E-state index contributed by atoms with van der Waals surface area (Å²) in [4.78, 5) is 9.45. The van der Waals surface area contributed by atoms with Crippen molar-refractivity contribution in [2.75, 3.05) is 0 Å². The van der Waals surface area contributed by atoms with Crippen LogP contribution in [0.25, 0.3) is 0 Å². The van der Waals surface area contributed by atoms with Gasteiger partial charge in [0.25, 0.3) is 0 Å². The van der Waals surface area contributed by atoms with Crippen molar-refractivity contribution in [1.82, 2.24) is 0 Å². The van der Waals surface area contributed by atoms with Crippen molar-refractivity contribution in [1.29, 1.82) is 0 Å². The van der Waals surface area contributed by atoms with Gasteiger partial charge in [0.1, 0.15) is 6.10 Å². The molecule has 0 bridgehead atoms. The third-order valence-corrected chi connectivity index (χ3v) is 0.357. The van der Waals surface area contributed by atoms with Crippen molar-refractivity contribution in [3.8, 4) is 0 Å². The maximum Gasteiger partial charge on any atom is 0.332 e. The van der Waals surface area contributed by atoms with Crippen LogP contribution in [0.1, 0.15) is 6.92 Å². The molecule has 0 amide bonds. The molecule has 41 valence electrons. The van der Waals surface area contributed by atoms with Gasteiger partial charge in [-0.15, -0.1) is 0 Å². The fourth-order valence-corrected chi connectivity index (χ4v) is 0. The molecular weight excluding hydrogens is 177 g/mol. The van der Waals surface area contributed by atoms with Gasteiger partial charge in [0.2, 0.25) is 0 Å². The average Bonchev–Trinajstić information content (AvgIpc) is 1.36. The minimum Gasteiger partial charge on any atom is -0.479 e. The predicted molar refractivity (Wildman–Crippen MR) is 19.3 cm³/mol. The van der Waals surface area contributed by atoms with E-state index >= 15 is 0 Å². The molecule has 1 unspecified atom stereocenters. The van der Waals surface area contributed by atoms with Gasteiger partial charge in [-0.05, 0) is 6.92 Å². The molecule has 1 radical (unpaired) electrons. The first-order valence-corrected chi connectivity index (χ1v) is 1.55. The van der Waals surface area contributed by atoms with Crippen LogP contribution in [0, 0.1) is 0 Å². The Hall–Kier alpha value is 0.170. The second-order valence-corrected chi connectivity index (χ2v) is 1.01. The van der Waals surface area contributed by atoms with Crippen LogP contribution in [-0.4, -0.2) is 22.3 Å². The Balaban J connectivity index is 0. The summed E-state index contributed by atoms with van der Waals surface area (Å²) >= 11 is 0. The number of hydrogen-bond donors (Lipinski definition) is 2. The molecule has 2 N–H and O–H groups in total. The number of aliphatic carboxylic acids is 1. The van der Waals surface area contributed by atoms with Gasteiger partial charge in [-0.2, -0.15) is 0 Å². The molecule has 0 aliphatic heterocycles. The van der Waals surface area contributed by atoms with Crippen LogP contribution in [0.15, 0.2) is 0 Å². The van der Waals surface area contributed by atoms with Crippen molar-refractivity contribution >= 4 is 5.97 Å². The Bertz CT molecular complexity index is 61.2. The first-order chi connectivity index (χ1) is 2.64. The van der Waals surface area contributed by atoms with Crippen molar-refractivity contribution < 1.29 is 37.4 Å². The van der Waals surface area contributed by atoms with Crippen LogP contribution in [0.4, 0.5) is 0 Å². The summed E-state index contributed by atoms with van der Waals surface area (Å²) in [5.41, 5.74) is 0. The van der Waals surface area contributed by atoms with Crippen LogP contribution < -0.4 is 0 Å². The zero-order valence-electron chi connectivity index (χ0n) is 3.83. The first-order valence-electron chi connectivity index (χ1n) is 1.55. The second-order valence-electron chi connectivity index (χ2n) is 1.01. The number of carboxylic acid groups (broad SMARTS) is 1. The van der Waals surface area contributed by atoms with E-state index in [0.29, 0.717) is 0 Å². The average molecular weight is 183 g/mol. The van der Waals surface area contributed by atoms with Gasteiger partial charge in [-0.25, -0.2) is 4.79 Å². The Labute approximate surface area is 56.9 Å². The van der Waals surface area contributed by atoms with Crippen molar-refractivity contribution in [3.05, 3.63) is 0 Å². The van der Waals surface area contributed by atoms with Gasteiger partial charge >= 0.3 is 5.97 Å². The molecule has 0 aliphatic carbocycles. The van der Waals surface area contributed by atoms with E-state index in [1.54, 1.807) is 0 Å². The number of aliphatic hydroxyl groups excluding tert-OH is 1. The molecule has 0 fully saturated rings. The minimum absolute atomic E-state index is 0. The predicted octanol–water partition coefficient (Wildman–Crippen LogP) is -0.551. The number of aliphatic hydroxyl groups is 1. The summed E-state index contributed by atoms with van der Waals surface area (Å²) in [6, 6.07) is 0. The number of hydrogen-bond acceptors (Lipinski definition) is 2. The molecule has 0 rings (SSSR count). The van der Waals surface area contributed by atoms with Gasteiger partial charge in [-0.3, -0.25) is 0 Å². The molecular formula is C3H6NbO3. The Morgan fingerprint density at radius 3 is 1.86 bits per heavy atom. The van der Waals surface area contributed by atoms with E-state index in [1.807, 2.05) is 0 Å². The Morgan fingerprint density at radius 1 is 1.71 bits per heavy atom. The van der Waals surface area contributed by atoms with E-state index < -0.39 is 12.1 Å².